The molecule has 1 saturated heterocycles. The van der Waals surface area contributed by atoms with Gasteiger partial charge in [-0.25, -0.2) is 0 Å². The Morgan fingerprint density at radius 2 is 1.65 bits per heavy atom. The van der Waals surface area contributed by atoms with Gasteiger partial charge in [-0.15, -0.1) is 0 Å². The van der Waals surface area contributed by atoms with E-state index in [-0.39, 0.29) is 18.0 Å². The minimum Gasteiger partial charge on any atom is -0.480 e. The number of carbonyl (C=O) groups excluding carboxylic acids is 1. The summed E-state index contributed by atoms with van der Waals surface area (Å²) in [7, 11) is 0. The van der Waals surface area contributed by atoms with Crippen molar-refractivity contribution in [1.29, 1.82) is 0 Å². The second-order valence-corrected chi connectivity index (χ2v) is 6.61. The predicted molar refractivity (Wildman–Crippen MR) is 78.6 cm³/mol. The smallest absolute Gasteiger partial charge is 0.317 e. The number of hydrogen-bond donors (Lipinski definition) is 1. The van der Waals surface area contributed by atoms with E-state index in [1.165, 1.54) is 12.8 Å². The van der Waals surface area contributed by atoms with Crippen molar-refractivity contribution in [3.8, 4) is 0 Å². The van der Waals surface area contributed by atoms with E-state index in [1.54, 1.807) is 4.90 Å². The Balaban J connectivity index is 2.79. The molecule has 0 spiro atoms. The second kappa shape index (κ2) is 7.07. The van der Waals surface area contributed by atoms with Crippen molar-refractivity contribution < 1.29 is 14.7 Å². The van der Waals surface area contributed by atoms with Gasteiger partial charge in [-0.2, -0.15) is 0 Å². The van der Waals surface area contributed by atoms with Gasteiger partial charge in [-0.3, -0.25) is 14.5 Å². The third kappa shape index (κ3) is 4.78. The van der Waals surface area contributed by atoms with Crippen molar-refractivity contribution in [2.24, 2.45) is 0 Å². The third-order valence-electron chi connectivity index (χ3n) is 3.91. The van der Waals surface area contributed by atoms with E-state index in [0.29, 0.717) is 0 Å². The summed E-state index contributed by atoms with van der Waals surface area (Å²) in [5.74, 6) is -0.835. The van der Waals surface area contributed by atoms with Gasteiger partial charge >= 0.3 is 5.97 Å². The number of amides is 1. The van der Waals surface area contributed by atoms with E-state index in [0.717, 1.165) is 25.9 Å². The average molecular weight is 284 g/mol. The lowest BCUT2D eigenvalue weighted by atomic mass is 10.0. The van der Waals surface area contributed by atoms with E-state index in [9.17, 15) is 9.59 Å². The Hall–Kier alpha value is -1.10. The Kier molecular flexibility index (Phi) is 5.99. The number of hydrogen-bond acceptors (Lipinski definition) is 3. The molecule has 5 heteroatoms. The Bertz CT molecular complexity index is 342. The van der Waals surface area contributed by atoms with Crippen molar-refractivity contribution >= 4 is 11.9 Å². The van der Waals surface area contributed by atoms with Crippen LogP contribution in [0.4, 0.5) is 0 Å². The van der Waals surface area contributed by atoms with Crippen LogP contribution in [0, 0.1) is 0 Å². The van der Waals surface area contributed by atoms with Gasteiger partial charge < -0.3 is 10.0 Å². The van der Waals surface area contributed by atoms with Crippen LogP contribution >= 0.6 is 0 Å². The van der Waals surface area contributed by atoms with Gasteiger partial charge in [-0.1, -0.05) is 12.8 Å². The Morgan fingerprint density at radius 3 is 2.05 bits per heavy atom. The van der Waals surface area contributed by atoms with Gasteiger partial charge in [0.15, 0.2) is 0 Å². The zero-order chi connectivity index (χ0) is 15.3. The molecule has 0 aromatic carbocycles. The SMILES string of the molecule is CC(C(=O)N1CCCCCC1)N(CC(=O)O)C(C)(C)C. The summed E-state index contributed by atoms with van der Waals surface area (Å²) in [6, 6.07) is -0.399. The zero-order valence-electron chi connectivity index (χ0n) is 13.2. The number of likely N-dealkylation sites (tertiary alicyclic amines) is 1. The first-order valence-electron chi connectivity index (χ1n) is 7.51. The molecular formula is C15H28N2O3. The summed E-state index contributed by atoms with van der Waals surface area (Å²) in [4.78, 5) is 27.3. The molecule has 1 aliphatic rings. The number of carboxylic acid groups (broad SMARTS) is 1. The van der Waals surface area contributed by atoms with Gasteiger partial charge in [0, 0.05) is 18.6 Å². The third-order valence-corrected chi connectivity index (χ3v) is 3.91. The Labute approximate surface area is 121 Å². The van der Waals surface area contributed by atoms with Crippen molar-refractivity contribution in [3.05, 3.63) is 0 Å². The second-order valence-electron chi connectivity index (χ2n) is 6.61. The molecule has 0 saturated carbocycles. The van der Waals surface area contributed by atoms with Gasteiger partial charge in [0.05, 0.1) is 12.6 Å². The van der Waals surface area contributed by atoms with Crippen molar-refractivity contribution in [2.75, 3.05) is 19.6 Å². The highest BCUT2D eigenvalue weighted by Crippen LogP contribution is 2.19. The fourth-order valence-corrected chi connectivity index (χ4v) is 2.79. The molecule has 0 aromatic rings. The summed E-state index contributed by atoms with van der Waals surface area (Å²) in [6.07, 6.45) is 4.45. The van der Waals surface area contributed by atoms with Crippen LogP contribution in [0.25, 0.3) is 0 Å². The van der Waals surface area contributed by atoms with Crippen molar-refractivity contribution in [2.45, 2.75) is 65.0 Å². The molecule has 1 rings (SSSR count). The topological polar surface area (TPSA) is 60.9 Å². The fraction of sp³-hybridized carbons (Fsp3) is 0.867. The maximum Gasteiger partial charge on any atom is 0.317 e. The zero-order valence-corrected chi connectivity index (χ0v) is 13.2. The normalized spacial score (nSPS) is 18.8. The molecule has 0 bridgehead atoms. The van der Waals surface area contributed by atoms with Gasteiger partial charge in [0.2, 0.25) is 5.91 Å². The number of carboxylic acids is 1. The van der Waals surface area contributed by atoms with Crippen LogP contribution in [0.3, 0.4) is 0 Å². The quantitative estimate of drug-likeness (QED) is 0.857. The molecule has 1 unspecified atom stereocenters. The van der Waals surface area contributed by atoms with Crippen LogP contribution in [0.1, 0.15) is 53.4 Å². The largest absolute Gasteiger partial charge is 0.480 e. The first-order valence-corrected chi connectivity index (χ1v) is 7.51. The molecule has 116 valence electrons. The summed E-state index contributed by atoms with van der Waals surface area (Å²) in [5, 5.41) is 9.07. The summed E-state index contributed by atoms with van der Waals surface area (Å²) in [6.45, 7) is 9.15. The van der Waals surface area contributed by atoms with Crippen LogP contribution in [0.5, 0.6) is 0 Å². The molecule has 0 radical (unpaired) electrons. The first kappa shape index (κ1) is 17.0. The molecule has 1 N–H and O–H groups in total. The number of rotatable bonds is 4. The molecule has 5 nitrogen and oxygen atoms in total. The van der Waals surface area contributed by atoms with Crippen LogP contribution < -0.4 is 0 Å². The average Bonchev–Trinajstić information content (AvgIpc) is 2.61. The molecule has 0 aliphatic carbocycles. The van der Waals surface area contributed by atoms with Crippen LogP contribution in [0.2, 0.25) is 0 Å². The highest BCUT2D eigenvalue weighted by Gasteiger charge is 2.34. The standard InChI is InChI=1S/C15H28N2O3/c1-12(17(11-13(18)19)15(2,3)4)14(20)16-9-7-5-6-8-10-16/h12H,5-11H2,1-4H3,(H,18,19). The highest BCUT2D eigenvalue weighted by atomic mass is 16.4. The van der Waals surface area contributed by atoms with E-state index >= 15 is 0 Å². The number of nitrogens with zero attached hydrogens (tertiary/aromatic N) is 2. The monoisotopic (exact) mass is 284 g/mol. The lowest BCUT2D eigenvalue weighted by molar-refractivity contribution is -0.145. The molecule has 1 amide bonds. The molecule has 20 heavy (non-hydrogen) atoms. The molecule has 1 atom stereocenters. The van der Waals surface area contributed by atoms with Crippen LogP contribution in [-0.2, 0) is 9.59 Å². The van der Waals surface area contributed by atoms with Gasteiger partial charge in [-0.05, 0) is 40.5 Å². The van der Waals surface area contributed by atoms with Crippen molar-refractivity contribution in [3.63, 3.8) is 0 Å². The maximum absolute atomic E-state index is 12.6. The minimum atomic E-state index is -0.893. The molecule has 1 heterocycles. The number of carbonyl (C=O) groups is 2. The van der Waals surface area contributed by atoms with Crippen LogP contribution in [0.15, 0.2) is 0 Å². The summed E-state index contributed by atoms with van der Waals surface area (Å²) in [5.41, 5.74) is -0.348. The van der Waals surface area contributed by atoms with E-state index in [1.807, 2.05) is 32.6 Å². The lowest BCUT2D eigenvalue weighted by Crippen LogP contribution is -2.55. The Morgan fingerprint density at radius 1 is 1.15 bits per heavy atom. The van der Waals surface area contributed by atoms with E-state index in [2.05, 4.69) is 0 Å². The fourth-order valence-electron chi connectivity index (χ4n) is 2.79. The molecule has 1 fully saturated rings. The van der Waals surface area contributed by atoms with E-state index in [4.69, 9.17) is 5.11 Å². The lowest BCUT2D eigenvalue weighted by Gasteiger charge is -2.40. The summed E-state index contributed by atoms with van der Waals surface area (Å²) >= 11 is 0. The van der Waals surface area contributed by atoms with Gasteiger partial charge in [0.25, 0.3) is 0 Å². The van der Waals surface area contributed by atoms with E-state index < -0.39 is 12.0 Å². The van der Waals surface area contributed by atoms with Gasteiger partial charge in [0.1, 0.15) is 0 Å². The molecule has 1 aliphatic heterocycles. The van der Waals surface area contributed by atoms with Crippen LogP contribution in [-0.4, -0.2) is 58.0 Å². The summed E-state index contributed by atoms with van der Waals surface area (Å²) < 4.78 is 0. The molecule has 0 aromatic heterocycles. The maximum atomic E-state index is 12.6. The first-order chi connectivity index (χ1) is 9.23. The molecular weight excluding hydrogens is 256 g/mol. The number of aliphatic carboxylic acids is 1. The predicted octanol–water partition coefficient (Wildman–Crippen LogP) is 1.96. The van der Waals surface area contributed by atoms with Crippen molar-refractivity contribution in [1.82, 2.24) is 9.80 Å². The highest BCUT2D eigenvalue weighted by molar-refractivity contribution is 5.82. The minimum absolute atomic E-state index is 0.0584.